The second-order valence-electron chi connectivity index (χ2n) is 4.95. The Kier molecular flexibility index (Phi) is 3.72. The zero-order valence-corrected chi connectivity index (χ0v) is 12.6. The molecule has 0 radical (unpaired) electrons. The number of anilines is 2. The predicted octanol–water partition coefficient (Wildman–Crippen LogP) is 2.99. The number of nitrogen functional groups attached to an aromatic ring is 1. The SMILES string of the molecule is Cc1cc(C)cc(NS(=O)(=O)c2cccc(N)c2C)c1. The number of hydrogen-bond donors (Lipinski definition) is 2. The minimum absolute atomic E-state index is 0.205. The Bertz CT molecular complexity index is 732. The van der Waals surface area contributed by atoms with E-state index in [1.54, 1.807) is 37.3 Å². The summed E-state index contributed by atoms with van der Waals surface area (Å²) in [6, 6.07) is 10.5. The van der Waals surface area contributed by atoms with E-state index in [0.29, 0.717) is 16.9 Å². The van der Waals surface area contributed by atoms with E-state index in [1.165, 1.54) is 0 Å². The van der Waals surface area contributed by atoms with Gasteiger partial charge in [-0.1, -0.05) is 12.1 Å². The van der Waals surface area contributed by atoms with Crippen LogP contribution in [0.1, 0.15) is 16.7 Å². The van der Waals surface area contributed by atoms with Gasteiger partial charge in [-0.3, -0.25) is 4.72 Å². The molecule has 0 fully saturated rings. The number of rotatable bonds is 3. The lowest BCUT2D eigenvalue weighted by Gasteiger charge is -2.12. The molecule has 0 aliphatic rings. The molecular formula is C15H18N2O2S. The quantitative estimate of drug-likeness (QED) is 0.854. The van der Waals surface area contributed by atoms with Gasteiger partial charge in [-0.15, -0.1) is 0 Å². The molecule has 0 aliphatic carbocycles. The Morgan fingerprint density at radius 1 is 1.00 bits per heavy atom. The third-order valence-corrected chi connectivity index (χ3v) is 4.62. The topological polar surface area (TPSA) is 72.2 Å². The van der Waals surface area contributed by atoms with Gasteiger partial charge in [-0.25, -0.2) is 8.42 Å². The smallest absolute Gasteiger partial charge is 0.262 e. The maximum Gasteiger partial charge on any atom is 0.262 e. The minimum atomic E-state index is -3.63. The maximum atomic E-state index is 12.4. The van der Waals surface area contributed by atoms with Crippen molar-refractivity contribution in [2.45, 2.75) is 25.7 Å². The van der Waals surface area contributed by atoms with Gasteiger partial charge in [0.1, 0.15) is 0 Å². The van der Waals surface area contributed by atoms with Gasteiger partial charge in [0.2, 0.25) is 0 Å². The molecule has 2 rings (SSSR count). The molecule has 5 heteroatoms. The number of sulfonamides is 1. The van der Waals surface area contributed by atoms with Gasteiger partial charge in [0.25, 0.3) is 10.0 Å². The highest BCUT2D eigenvalue weighted by molar-refractivity contribution is 7.92. The van der Waals surface area contributed by atoms with Crippen LogP contribution in [0.4, 0.5) is 11.4 Å². The van der Waals surface area contributed by atoms with Gasteiger partial charge in [0.05, 0.1) is 4.90 Å². The Morgan fingerprint density at radius 2 is 1.60 bits per heavy atom. The normalized spacial score (nSPS) is 11.3. The molecule has 0 aliphatic heterocycles. The second-order valence-corrected chi connectivity index (χ2v) is 6.60. The fraction of sp³-hybridized carbons (Fsp3) is 0.200. The number of aryl methyl sites for hydroxylation is 2. The molecule has 0 bridgehead atoms. The summed E-state index contributed by atoms with van der Waals surface area (Å²) in [5.41, 5.74) is 9.36. The van der Waals surface area contributed by atoms with E-state index in [-0.39, 0.29) is 4.90 Å². The third kappa shape index (κ3) is 2.93. The maximum absolute atomic E-state index is 12.4. The average Bonchev–Trinajstić information content (AvgIpc) is 2.30. The summed E-state index contributed by atoms with van der Waals surface area (Å²) in [7, 11) is -3.63. The molecule has 0 atom stereocenters. The summed E-state index contributed by atoms with van der Waals surface area (Å²) in [5.74, 6) is 0. The van der Waals surface area contributed by atoms with Crippen LogP contribution in [0.5, 0.6) is 0 Å². The van der Waals surface area contributed by atoms with Crippen LogP contribution in [0, 0.1) is 20.8 Å². The third-order valence-electron chi connectivity index (χ3n) is 3.09. The summed E-state index contributed by atoms with van der Waals surface area (Å²) in [4.78, 5) is 0.205. The standard InChI is InChI=1S/C15H18N2O2S/c1-10-7-11(2)9-13(8-10)17-20(18,19)15-6-4-5-14(16)12(15)3/h4-9,17H,16H2,1-3H3. The predicted molar refractivity (Wildman–Crippen MR) is 82.3 cm³/mol. The Labute approximate surface area is 119 Å². The van der Waals surface area contributed by atoms with Gasteiger partial charge in [0.15, 0.2) is 0 Å². The van der Waals surface area contributed by atoms with Crippen molar-refractivity contribution in [1.29, 1.82) is 0 Å². The summed E-state index contributed by atoms with van der Waals surface area (Å²) < 4.78 is 27.5. The summed E-state index contributed by atoms with van der Waals surface area (Å²) in [6.07, 6.45) is 0. The van der Waals surface area contributed by atoms with Crippen LogP contribution < -0.4 is 10.5 Å². The van der Waals surface area contributed by atoms with Crippen LogP contribution >= 0.6 is 0 Å². The fourth-order valence-electron chi connectivity index (χ4n) is 2.17. The molecule has 2 aromatic rings. The van der Waals surface area contributed by atoms with E-state index in [9.17, 15) is 8.42 Å². The Morgan fingerprint density at radius 3 is 2.20 bits per heavy atom. The van der Waals surface area contributed by atoms with Crippen LogP contribution in [-0.4, -0.2) is 8.42 Å². The van der Waals surface area contributed by atoms with Gasteiger partial charge in [-0.2, -0.15) is 0 Å². The molecule has 0 spiro atoms. The fourth-order valence-corrected chi connectivity index (χ4v) is 3.48. The van der Waals surface area contributed by atoms with Crippen molar-refractivity contribution in [3.63, 3.8) is 0 Å². The lowest BCUT2D eigenvalue weighted by molar-refractivity contribution is 0.600. The van der Waals surface area contributed by atoms with E-state index in [0.717, 1.165) is 11.1 Å². The van der Waals surface area contributed by atoms with Crippen LogP contribution in [0.15, 0.2) is 41.3 Å². The highest BCUT2D eigenvalue weighted by Gasteiger charge is 2.18. The molecule has 2 aromatic carbocycles. The van der Waals surface area contributed by atoms with E-state index in [2.05, 4.69) is 4.72 Å². The summed E-state index contributed by atoms with van der Waals surface area (Å²) in [5, 5.41) is 0. The number of nitrogens with one attached hydrogen (secondary N) is 1. The highest BCUT2D eigenvalue weighted by Crippen LogP contribution is 2.24. The molecule has 20 heavy (non-hydrogen) atoms. The lowest BCUT2D eigenvalue weighted by Crippen LogP contribution is -2.15. The van der Waals surface area contributed by atoms with Crippen molar-refractivity contribution < 1.29 is 8.42 Å². The van der Waals surface area contributed by atoms with Crippen molar-refractivity contribution in [3.05, 3.63) is 53.1 Å². The van der Waals surface area contributed by atoms with E-state index in [4.69, 9.17) is 5.73 Å². The Balaban J connectivity index is 2.43. The number of benzene rings is 2. The molecule has 0 saturated heterocycles. The second kappa shape index (κ2) is 5.17. The van der Waals surface area contributed by atoms with Gasteiger partial charge >= 0.3 is 0 Å². The molecule has 0 aromatic heterocycles. The minimum Gasteiger partial charge on any atom is -0.398 e. The molecule has 106 valence electrons. The first-order valence-corrected chi connectivity index (χ1v) is 7.74. The number of nitrogens with two attached hydrogens (primary N) is 1. The first-order valence-electron chi connectivity index (χ1n) is 6.26. The van der Waals surface area contributed by atoms with Crippen LogP contribution in [0.25, 0.3) is 0 Å². The van der Waals surface area contributed by atoms with Gasteiger partial charge < -0.3 is 5.73 Å². The zero-order chi connectivity index (χ0) is 14.9. The molecule has 0 amide bonds. The van der Waals surface area contributed by atoms with Crippen molar-refractivity contribution in [3.8, 4) is 0 Å². The monoisotopic (exact) mass is 290 g/mol. The first kappa shape index (κ1) is 14.4. The van der Waals surface area contributed by atoms with E-state index >= 15 is 0 Å². The average molecular weight is 290 g/mol. The molecular weight excluding hydrogens is 272 g/mol. The van der Waals surface area contributed by atoms with Crippen molar-refractivity contribution in [2.75, 3.05) is 10.5 Å². The van der Waals surface area contributed by atoms with Crippen molar-refractivity contribution in [2.24, 2.45) is 0 Å². The summed E-state index contributed by atoms with van der Waals surface area (Å²) in [6.45, 7) is 5.55. The molecule has 0 heterocycles. The van der Waals surface area contributed by atoms with Crippen LogP contribution in [0.3, 0.4) is 0 Å². The van der Waals surface area contributed by atoms with Crippen LogP contribution in [-0.2, 0) is 10.0 Å². The molecule has 0 unspecified atom stereocenters. The van der Waals surface area contributed by atoms with Crippen molar-refractivity contribution >= 4 is 21.4 Å². The van der Waals surface area contributed by atoms with Crippen molar-refractivity contribution in [1.82, 2.24) is 0 Å². The van der Waals surface area contributed by atoms with E-state index in [1.807, 2.05) is 19.9 Å². The zero-order valence-electron chi connectivity index (χ0n) is 11.8. The van der Waals surface area contributed by atoms with Crippen LogP contribution in [0.2, 0.25) is 0 Å². The van der Waals surface area contributed by atoms with E-state index < -0.39 is 10.0 Å². The van der Waals surface area contributed by atoms with Gasteiger partial charge in [-0.05, 0) is 61.7 Å². The Hall–Kier alpha value is -2.01. The largest absolute Gasteiger partial charge is 0.398 e. The molecule has 4 nitrogen and oxygen atoms in total. The first-order chi connectivity index (χ1) is 9.29. The van der Waals surface area contributed by atoms with Gasteiger partial charge in [0, 0.05) is 11.4 Å². The molecule has 3 N–H and O–H groups in total. The highest BCUT2D eigenvalue weighted by atomic mass is 32.2. The lowest BCUT2D eigenvalue weighted by atomic mass is 10.1. The number of hydrogen-bond acceptors (Lipinski definition) is 3. The molecule has 0 saturated carbocycles. The summed E-state index contributed by atoms with van der Waals surface area (Å²) >= 11 is 0.